The Hall–Kier alpha value is -4.53. The predicted octanol–water partition coefficient (Wildman–Crippen LogP) is 6.78. The molecule has 1 N–H and O–H groups in total. The summed E-state index contributed by atoms with van der Waals surface area (Å²) in [6, 6.07) is 14.5. The molecule has 9 nitrogen and oxygen atoms in total. The molecule has 0 bridgehead atoms. The third-order valence-electron chi connectivity index (χ3n) is 8.49. The summed E-state index contributed by atoms with van der Waals surface area (Å²) in [6.07, 6.45) is 6.35. The van der Waals surface area contributed by atoms with E-state index in [2.05, 4.69) is 15.5 Å². The molecule has 0 spiro atoms. The summed E-state index contributed by atoms with van der Waals surface area (Å²) in [4.78, 5) is 22.9. The number of pyridine rings is 1. The zero-order valence-corrected chi connectivity index (χ0v) is 25.7. The van der Waals surface area contributed by atoms with E-state index in [1.54, 1.807) is 18.2 Å². The lowest BCUT2D eigenvalue weighted by Gasteiger charge is -2.32. The number of aromatic nitrogens is 3. The van der Waals surface area contributed by atoms with Crippen LogP contribution in [0.2, 0.25) is 5.02 Å². The number of piperidine rings is 1. The fourth-order valence-electron chi connectivity index (χ4n) is 5.73. The van der Waals surface area contributed by atoms with Gasteiger partial charge in [-0.3, -0.25) is 4.90 Å². The highest BCUT2D eigenvalue weighted by molar-refractivity contribution is 6.30. The molecule has 3 heterocycles. The van der Waals surface area contributed by atoms with Gasteiger partial charge in [-0.2, -0.15) is 5.26 Å². The van der Waals surface area contributed by atoms with E-state index in [9.17, 15) is 18.8 Å². The highest BCUT2D eigenvalue weighted by Gasteiger charge is 2.43. The van der Waals surface area contributed by atoms with Gasteiger partial charge >= 0.3 is 5.97 Å². The quantitative estimate of drug-likeness (QED) is 0.168. The first-order valence-electron chi connectivity index (χ1n) is 15.1. The fourth-order valence-corrected chi connectivity index (χ4v) is 5.89. The number of nitrogens with zero attached hydrogens (tertiary/aromatic N) is 5. The van der Waals surface area contributed by atoms with Gasteiger partial charge in [0.2, 0.25) is 0 Å². The Morgan fingerprint density at radius 3 is 2.63 bits per heavy atom. The van der Waals surface area contributed by atoms with E-state index in [4.69, 9.17) is 36.1 Å². The number of likely N-dealkylation sites (tertiary alicyclic amines) is 1. The third-order valence-corrected chi connectivity index (χ3v) is 8.73. The van der Waals surface area contributed by atoms with Gasteiger partial charge < -0.3 is 19.1 Å². The van der Waals surface area contributed by atoms with Gasteiger partial charge in [-0.05, 0) is 80.3 Å². The number of aliphatic carboxylic acids is 1. The SMILES string of the molecule is N#CCC1(Cn2c(CN3CCC(Oc4ccc(F)c(COc5ccc(Cl)cc5F)c4)CC3)nc3ccc(/C=C/C(=O)O)nc32)CC1. The molecule has 0 atom stereocenters. The van der Waals surface area contributed by atoms with E-state index in [-0.39, 0.29) is 34.5 Å². The molecule has 6 rings (SSSR count). The first-order valence-corrected chi connectivity index (χ1v) is 15.5. The van der Waals surface area contributed by atoms with Crippen LogP contribution in [-0.4, -0.2) is 49.7 Å². The number of imidazole rings is 1. The zero-order chi connectivity index (χ0) is 32.3. The standard InChI is InChI=1S/C34H32ClF2N5O4/c35-23-1-7-30(28(37)18-23)45-20-22-17-26(4-5-27(22)36)46-25-9-15-41(16-10-25)19-31-40-29-6-2-24(3-8-32(43)44)39-33(29)42(31)21-34(11-12-34)13-14-38/h1-8,17-18,25H,9-13,15-16,19-21H2,(H,43,44)/b8-3+. The van der Waals surface area contributed by atoms with Crippen LogP contribution in [0, 0.1) is 28.4 Å². The van der Waals surface area contributed by atoms with Crippen molar-refractivity contribution < 1.29 is 28.2 Å². The number of benzene rings is 2. The molecule has 1 aliphatic heterocycles. The van der Waals surface area contributed by atoms with E-state index >= 15 is 0 Å². The second kappa shape index (κ2) is 13.4. The minimum atomic E-state index is -1.05. The normalized spacial score (nSPS) is 16.5. The minimum absolute atomic E-state index is 0.0142. The molecule has 12 heteroatoms. The Balaban J connectivity index is 1.11. The largest absolute Gasteiger partial charge is 0.490 e. The van der Waals surface area contributed by atoms with Crippen molar-refractivity contribution in [2.75, 3.05) is 13.1 Å². The van der Waals surface area contributed by atoms with Crippen molar-refractivity contribution in [2.24, 2.45) is 5.41 Å². The van der Waals surface area contributed by atoms with Gasteiger partial charge in [0.1, 0.15) is 35.6 Å². The number of fused-ring (bicyclic) bond motifs is 1. The number of carbonyl (C=O) groups is 1. The monoisotopic (exact) mass is 647 g/mol. The number of rotatable bonds is 12. The van der Waals surface area contributed by atoms with E-state index in [0.29, 0.717) is 36.6 Å². The van der Waals surface area contributed by atoms with E-state index in [1.165, 1.54) is 24.3 Å². The van der Waals surface area contributed by atoms with Gasteiger partial charge in [0, 0.05) is 48.1 Å². The zero-order valence-electron chi connectivity index (χ0n) is 25.0. The van der Waals surface area contributed by atoms with Crippen LogP contribution in [0.1, 0.15) is 49.2 Å². The number of nitriles is 1. The molecule has 0 radical (unpaired) electrons. The molecule has 1 saturated carbocycles. The number of ether oxygens (including phenoxy) is 2. The van der Waals surface area contributed by atoms with Crippen molar-refractivity contribution in [3.05, 3.63) is 88.3 Å². The van der Waals surface area contributed by atoms with Crippen LogP contribution in [-0.2, 0) is 24.5 Å². The summed E-state index contributed by atoms with van der Waals surface area (Å²) in [6.45, 7) is 2.56. The second-order valence-electron chi connectivity index (χ2n) is 11.9. The molecule has 238 valence electrons. The maximum absolute atomic E-state index is 14.5. The molecule has 0 amide bonds. The Kier molecular flexibility index (Phi) is 9.20. The van der Waals surface area contributed by atoms with Crippen molar-refractivity contribution >= 4 is 34.8 Å². The Morgan fingerprint density at radius 1 is 1.11 bits per heavy atom. The molecule has 2 aromatic carbocycles. The predicted molar refractivity (Wildman–Crippen MR) is 167 cm³/mol. The average molecular weight is 648 g/mol. The number of halogens is 3. The van der Waals surface area contributed by atoms with Gasteiger partial charge in [0.25, 0.3) is 0 Å². The highest BCUT2D eigenvalue weighted by atomic mass is 35.5. The van der Waals surface area contributed by atoms with E-state index in [1.807, 2.05) is 6.07 Å². The summed E-state index contributed by atoms with van der Waals surface area (Å²) in [5.41, 5.74) is 2.10. The molecule has 1 aliphatic carbocycles. The number of hydrogen-bond donors (Lipinski definition) is 1. The maximum atomic E-state index is 14.5. The van der Waals surface area contributed by atoms with Crippen LogP contribution in [0.4, 0.5) is 8.78 Å². The molecular formula is C34H32ClF2N5O4. The smallest absolute Gasteiger partial charge is 0.328 e. The molecule has 2 aromatic heterocycles. The molecule has 46 heavy (non-hydrogen) atoms. The number of hydrogen-bond acceptors (Lipinski definition) is 7. The first-order chi connectivity index (χ1) is 22.2. The van der Waals surface area contributed by atoms with E-state index in [0.717, 1.165) is 62.3 Å². The molecule has 1 saturated heterocycles. The number of carboxylic acid groups (broad SMARTS) is 1. The molecular weight excluding hydrogens is 616 g/mol. The van der Waals surface area contributed by atoms with Crippen molar-refractivity contribution in [1.29, 1.82) is 5.26 Å². The highest BCUT2D eigenvalue weighted by Crippen LogP contribution is 2.50. The Morgan fingerprint density at radius 2 is 1.91 bits per heavy atom. The topological polar surface area (TPSA) is 114 Å². The van der Waals surface area contributed by atoms with Crippen molar-refractivity contribution in [2.45, 2.75) is 57.9 Å². The lowest BCUT2D eigenvalue weighted by molar-refractivity contribution is -0.131. The molecule has 4 aromatic rings. The van der Waals surface area contributed by atoms with Gasteiger partial charge in [0.05, 0.1) is 18.3 Å². The van der Waals surface area contributed by atoms with Crippen LogP contribution in [0.15, 0.2) is 54.6 Å². The maximum Gasteiger partial charge on any atom is 0.328 e. The van der Waals surface area contributed by atoms with Crippen molar-refractivity contribution in [3.8, 4) is 17.6 Å². The lowest BCUT2D eigenvalue weighted by Crippen LogP contribution is -2.38. The van der Waals surface area contributed by atoms with Crippen LogP contribution in [0.3, 0.4) is 0 Å². The summed E-state index contributed by atoms with van der Waals surface area (Å²) >= 11 is 5.80. The van der Waals surface area contributed by atoms with Crippen LogP contribution in [0.5, 0.6) is 11.5 Å². The summed E-state index contributed by atoms with van der Waals surface area (Å²) < 4.78 is 42.4. The van der Waals surface area contributed by atoms with Gasteiger partial charge in [0.15, 0.2) is 17.2 Å². The number of carboxylic acids is 1. The molecule has 2 fully saturated rings. The van der Waals surface area contributed by atoms with Crippen LogP contribution in [0.25, 0.3) is 17.2 Å². The van der Waals surface area contributed by atoms with Crippen LogP contribution >= 0.6 is 11.6 Å². The van der Waals surface area contributed by atoms with Gasteiger partial charge in [-0.25, -0.2) is 23.5 Å². The fraction of sp³-hybridized carbons (Fsp3) is 0.353. The summed E-state index contributed by atoms with van der Waals surface area (Å²) in [5, 5.41) is 18.7. The van der Waals surface area contributed by atoms with Crippen molar-refractivity contribution in [3.63, 3.8) is 0 Å². The Labute approximate surface area is 269 Å². The Bertz CT molecular complexity index is 1830. The first kappa shape index (κ1) is 31.5. The van der Waals surface area contributed by atoms with Crippen LogP contribution < -0.4 is 9.47 Å². The summed E-state index contributed by atoms with van der Waals surface area (Å²) in [7, 11) is 0. The summed E-state index contributed by atoms with van der Waals surface area (Å²) in [5.74, 6) is -0.783. The lowest BCUT2D eigenvalue weighted by atomic mass is 10.0. The average Bonchev–Trinajstić information content (AvgIpc) is 3.72. The van der Waals surface area contributed by atoms with Crippen molar-refractivity contribution in [1.82, 2.24) is 19.4 Å². The molecule has 0 unspecified atom stereocenters. The molecule has 2 aliphatic rings. The van der Waals surface area contributed by atoms with E-state index < -0.39 is 17.6 Å². The minimum Gasteiger partial charge on any atom is -0.490 e. The second-order valence-corrected chi connectivity index (χ2v) is 12.3. The van der Waals surface area contributed by atoms with Gasteiger partial charge in [-0.15, -0.1) is 0 Å². The van der Waals surface area contributed by atoms with Gasteiger partial charge in [-0.1, -0.05) is 11.6 Å². The third kappa shape index (κ3) is 7.46.